The van der Waals surface area contributed by atoms with Gasteiger partial charge in [-0.05, 0) is 56.3 Å². The topological polar surface area (TPSA) is 73.1 Å². The molecule has 3 rings (SSSR count). The second-order valence-corrected chi connectivity index (χ2v) is 5.29. The van der Waals surface area contributed by atoms with E-state index in [-0.39, 0.29) is 0 Å². The highest BCUT2D eigenvalue weighted by Crippen LogP contribution is 2.28. The lowest BCUT2D eigenvalue weighted by atomic mass is 9.93. The predicted molar refractivity (Wildman–Crippen MR) is 83.3 cm³/mol. The number of nitrogens with zero attached hydrogens (tertiary/aromatic N) is 2. The number of rotatable bonds is 3. The fourth-order valence-electron chi connectivity index (χ4n) is 2.72. The number of ether oxygens (including phenoxy) is 1. The van der Waals surface area contributed by atoms with Crippen LogP contribution in [0.5, 0.6) is 5.75 Å². The van der Waals surface area contributed by atoms with Crippen molar-refractivity contribution < 1.29 is 4.74 Å². The lowest BCUT2D eigenvalue weighted by molar-refractivity contribution is 0.415. The third kappa shape index (κ3) is 3.13. The van der Waals surface area contributed by atoms with Crippen molar-refractivity contribution in [2.45, 2.75) is 18.8 Å². The smallest absolute Gasteiger partial charge is 0.220 e. The van der Waals surface area contributed by atoms with Gasteiger partial charge in [-0.25, -0.2) is 9.97 Å². The van der Waals surface area contributed by atoms with E-state index in [1.54, 1.807) is 7.11 Å². The van der Waals surface area contributed by atoms with Crippen LogP contribution in [0.2, 0.25) is 0 Å². The number of anilines is 1. The molecule has 0 atom stereocenters. The highest BCUT2D eigenvalue weighted by molar-refractivity contribution is 5.61. The Kier molecular flexibility index (Phi) is 4.01. The molecule has 1 aromatic heterocycles. The molecule has 110 valence electrons. The summed E-state index contributed by atoms with van der Waals surface area (Å²) in [4.78, 5) is 8.80. The zero-order valence-corrected chi connectivity index (χ0v) is 12.2. The Labute approximate surface area is 124 Å². The third-order valence-corrected chi connectivity index (χ3v) is 3.91. The van der Waals surface area contributed by atoms with E-state index in [9.17, 15) is 0 Å². The van der Waals surface area contributed by atoms with Crippen LogP contribution in [0.4, 0.5) is 5.95 Å². The Morgan fingerprint density at radius 1 is 1.14 bits per heavy atom. The van der Waals surface area contributed by atoms with Crippen molar-refractivity contribution in [1.29, 1.82) is 0 Å². The lowest BCUT2D eigenvalue weighted by Gasteiger charge is -2.22. The van der Waals surface area contributed by atoms with Gasteiger partial charge in [0.2, 0.25) is 5.95 Å². The number of nitrogens with two attached hydrogens (primary N) is 1. The first kappa shape index (κ1) is 13.8. The van der Waals surface area contributed by atoms with Crippen LogP contribution in [-0.4, -0.2) is 30.2 Å². The van der Waals surface area contributed by atoms with Gasteiger partial charge in [0.15, 0.2) is 0 Å². The number of methoxy groups -OCH3 is 1. The molecule has 3 N–H and O–H groups in total. The van der Waals surface area contributed by atoms with Crippen LogP contribution in [0.1, 0.15) is 24.5 Å². The SMILES string of the molecule is COc1ccc(-c2cc(C3CCNCC3)nc(N)n2)cc1. The summed E-state index contributed by atoms with van der Waals surface area (Å²) in [5, 5.41) is 3.37. The summed E-state index contributed by atoms with van der Waals surface area (Å²) in [6.07, 6.45) is 2.19. The lowest BCUT2D eigenvalue weighted by Crippen LogP contribution is -2.27. The van der Waals surface area contributed by atoms with Crippen LogP contribution in [-0.2, 0) is 0 Å². The van der Waals surface area contributed by atoms with Gasteiger partial charge in [0.1, 0.15) is 5.75 Å². The van der Waals surface area contributed by atoms with Crippen LogP contribution in [0.15, 0.2) is 30.3 Å². The number of nitrogens with one attached hydrogen (secondary N) is 1. The predicted octanol–water partition coefficient (Wildman–Crippen LogP) is 2.20. The summed E-state index contributed by atoms with van der Waals surface area (Å²) in [6, 6.07) is 9.91. The molecule has 0 radical (unpaired) electrons. The van der Waals surface area contributed by atoms with Gasteiger partial charge in [0.25, 0.3) is 0 Å². The molecule has 1 fully saturated rings. The van der Waals surface area contributed by atoms with E-state index < -0.39 is 0 Å². The molecular formula is C16H20N4O. The van der Waals surface area contributed by atoms with Crippen molar-refractivity contribution in [3.8, 4) is 17.0 Å². The highest BCUT2D eigenvalue weighted by Gasteiger charge is 2.18. The second-order valence-electron chi connectivity index (χ2n) is 5.29. The largest absolute Gasteiger partial charge is 0.497 e. The summed E-state index contributed by atoms with van der Waals surface area (Å²) in [6.45, 7) is 2.07. The molecule has 2 heterocycles. The van der Waals surface area contributed by atoms with Crippen molar-refractivity contribution in [2.75, 3.05) is 25.9 Å². The van der Waals surface area contributed by atoms with E-state index in [2.05, 4.69) is 21.4 Å². The maximum Gasteiger partial charge on any atom is 0.220 e. The molecule has 0 saturated carbocycles. The quantitative estimate of drug-likeness (QED) is 0.904. The summed E-state index contributed by atoms with van der Waals surface area (Å²) in [5.74, 6) is 1.64. The Hall–Kier alpha value is -2.14. The second kappa shape index (κ2) is 6.10. The zero-order valence-electron chi connectivity index (χ0n) is 12.2. The Morgan fingerprint density at radius 3 is 2.52 bits per heavy atom. The Balaban J connectivity index is 1.92. The van der Waals surface area contributed by atoms with Gasteiger partial charge < -0.3 is 15.8 Å². The van der Waals surface area contributed by atoms with Crippen LogP contribution >= 0.6 is 0 Å². The van der Waals surface area contributed by atoms with Crippen LogP contribution < -0.4 is 15.8 Å². The monoisotopic (exact) mass is 284 g/mol. The van der Waals surface area contributed by atoms with Crippen molar-refractivity contribution in [1.82, 2.24) is 15.3 Å². The van der Waals surface area contributed by atoms with E-state index in [4.69, 9.17) is 10.5 Å². The molecule has 1 aromatic carbocycles. The first-order chi connectivity index (χ1) is 10.3. The van der Waals surface area contributed by atoms with Gasteiger partial charge in [-0.2, -0.15) is 0 Å². The molecule has 21 heavy (non-hydrogen) atoms. The van der Waals surface area contributed by atoms with Crippen LogP contribution in [0.3, 0.4) is 0 Å². The Morgan fingerprint density at radius 2 is 1.86 bits per heavy atom. The van der Waals surface area contributed by atoms with Gasteiger partial charge in [0, 0.05) is 17.2 Å². The molecule has 2 aromatic rings. The third-order valence-electron chi connectivity index (χ3n) is 3.91. The molecule has 1 aliphatic rings. The normalized spacial score (nSPS) is 15.9. The zero-order chi connectivity index (χ0) is 14.7. The summed E-state index contributed by atoms with van der Waals surface area (Å²) >= 11 is 0. The number of hydrogen-bond acceptors (Lipinski definition) is 5. The van der Waals surface area contributed by atoms with Gasteiger partial charge >= 0.3 is 0 Å². The molecule has 1 aliphatic heterocycles. The Bertz CT molecular complexity index is 606. The summed E-state index contributed by atoms with van der Waals surface area (Å²) in [5.41, 5.74) is 8.85. The molecule has 0 amide bonds. The van der Waals surface area contributed by atoms with Crippen LogP contribution in [0.25, 0.3) is 11.3 Å². The molecule has 0 bridgehead atoms. The minimum atomic E-state index is 0.344. The number of piperidine rings is 1. The molecule has 5 heteroatoms. The minimum absolute atomic E-state index is 0.344. The molecule has 1 saturated heterocycles. The molecular weight excluding hydrogens is 264 g/mol. The van der Waals surface area contributed by atoms with E-state index in [1.807, 2.05) is 24.3 Å². The van der Waals surface area contributed by atoms with Gasteiger partial charge in [0.05, 0.1) is 12.8 Å². The van der Waals surface area contributed by atoms with E-state index >= 15 is 0 Å². The number of nitrogen functional groups attached to an aromatic ring is 1. The summed E-state index contributed by atoms with van der Waals surface area (Å²) in [7, 11) is 1.66. The van der Waals surface area contributed by atoms with Crippen molar-refractivity contribution in [3.05, 3.63) is 36.0 Å². The fourth-order valence-corrected chi connectivity index (χ4v) is 2.72. The van der Waals surface area contributed by atoms with E-state index in [1.165, 1.54) is 0 Å². The van der Waals surface area contributed by atoms with E-state index in [0.29, 0.717) is 11.9 Å². The number of benzene rings is 1. The van der Waals surface area contributed by atoms with Crippen LogP contribution in [0, 0.1) is 0 Å². The van der Waals surface area contributed by atoms with Gasteiger partial charge in [-0.3, -0.25) is 0 Å². The number of hydrogen-bond donors (Lipinski definition) is 2. The summed E-state index contributed by atoms with van der Waals surface area (Å²) < 4.78 is 5.18. The maximum atomic E-state index is 5.90. The number of aromatic nitrogens is 2. The molecule has 5 nitrogen and oxygen atoms in total. The molecule has 0 spiro atoms. The fraction of sp³-hybridized carbons (Fsp3) is 0.375. The van der Waals surface area contributed by atoms with Gasteiger partial charge in [-0.1, -0.05) is 0 Å². The van der Waals surface area contributed by atoms with Crippen molar-refractivity contribution >= 4 is 5.95 Å². The molecule has 0 aliphatic carbocycles. The maximum absolute atomic E-state index is 5.90. The first-order valence-corrected chi connectivity index (χ1v) is 7.26. The average molecular weight is 284 g/mol. The van der Waals surface area contributed by atoms with Crippen molar-refractivity contribution in [3.63, 3.8) is 0 Å². The van der Waals surface area contributed by atoms with Crippen molar-refractivity contribution in [2.24, 2.45) is 0 Å². The minimum Gasteiger partial charge on any atom is -0.497 e. The average Bonchev–Trinajstić information content (AvgIpc) is 2.55. The van der Waals surface area contributed by atoms with Gasteiger partial charge in [-0.15, -0.1) is 0 Å². The van der Waals surface area contributed by atoms with E-state index in [0.717, 1.165) is 48.6 Å². The molecule has 0 unspecified atom stereocenters. The highest BCUT2D eigenvalue weighted by atomic mass is 16.5. The first-order valence-electron chi connectivity index (χ1n) is 7.26. The standard InChI is InChI=1S/C16H20N4O/c1-21-13-4-2-11(3-5-13)14-10-15(20-16(17)19-14)12-6-8-18-9-7-12/h2-5,10,12,18H,6-9H2,1H3,(H2,17,19,20).